The van der Waals surface area contributed by atoms with Gasteiger partial charge in [0.05, 0.1) is 16.1 Å². The molecule has 1 aliphatic heterocycles. The number of alkyl halides is 4. The number of hydrogen-bond donors (Lipinski definition) is 1. The van der Waals surface area contributed by atoms with E-state index in [1.165, 1.54) is 35.1 Å². The van der Waals surface area contributed by atoms with Gasteiger partial charge in [-0.25, -0.2) is 17.5 Å². The van der Waals surface area contributed by atoms with Crippen LogP contribution < -0.4 is 5.32 Å². The maximum atomic E-state index is 14.3. The fourth-order valence-corrected chi connectivity index (χ4v) is 5.84. The number of carbonyl (C=O) groups is 1. The Morgan fingerprint density at radius 1 is 1.18 bits per heavy atom. The summed E-state index contributed by atoms with van der Waals surface area (Å²) in [6.07, 6.45) is -3.36. The molecular weight excluding hydrogens is 550 g/mol. The van der Waals surface area contributed by atoms with Gasteiger partial charge in [-0.15, -0.1) is 0 Å². The molecule has 3 aromatic rings. The summed E-state index contributed by atoms with van der Waals surface area (Å²) in [4.78, 5) is 16.7. The van der Waals surface area contributed by atoms with Crippen LogP contribution in [0.1, 0.15) is 23.1 Å². The maximum Gasteiger partial charge on any atom is 0.416 e. The predicted octanol–water partition coefficient (Wildman–Crippen LogP) is 4.01. The molecule has 1 N–H and O–H groups in total. The van der Waals surface area contributed by atoms with Gasteiger partial charge in [-0.1, -0.05) is 23.7 Å². The number of aliphatic imine (C=N–C) groups is 1. The minimum absolute atomic E-state index is 0.0137. The summed E-state index contributed by atoms with van der Waals surface area (Å²) in [6.45, 7) is -0.629. The molecule has 4 rings (SSSR count). The highest BCUT2D eigenvalue weighted by Crippen LogP contribution is 2.30. The number of hydrogen-bond acceptors (Lipinski definition) is 5. The zero-order valence-corrected chi connectivity index (χ0v) is 21.4. The lowest BCUT2D eigenvalue weighted by Gasteiger charge is -2.23. The molecule has 1 amide bonds. The summed E-state index contributed by atoms with van der Waals surface area (Å²) in [5.74, 6) is -0.721. The lowest BCUT2D eigenvalue weighted by Crippen LogP contribution is -2.45. The highest BCUT2D eigenvalue weighted by Gasteiger charge is 2.44. The molecular formula is C24H22ClF4N5O3S. The van der Waals surface area contributed by atoms with Gasteiger partial charge in [0.25, 0.3) is 0 Å². The van der Waals surface area contributed by atoms with E-state index in [4.69, 9.17) is 11.6 Å². The monoisotopic (exact) mass is 571 g/mol. The van der Waals surface area contributed by atoms with Crippen LogP contribution in [0.5, 0.6) is 0 Å². The molecule has 38 heavy (non-hydrogen) atoms. The Morgan fingerprint density at radius 3 is 2.45 bits per heavy atom. The molecule has 14 heteroatoms. The average Bonchev–Trinajstić information content (AvgIpc) is 3.45. The Bertz CT molecular complexity index is 1440. The average molecular weight is 572 g/mol. The molecule has 1 aliphatic rings. The van der Waals surface area contributed by atoms with Crippen molar-refractivity contribution in [3.63, 3.8) is 0 Å². The van der Waals surface area contributed by atoms with E-state index in [2.05, 4.69) is 15.4 Å². The van der Waals surface area contributed by atoms with E-state index in [9.17, 15) is 30.8 Å². The number of halogens is 5. The molecule has 0 radical (unpaired) electrons. The number of aromatic nitrogens is 2. The summed E-state index contributed by atoms with van der Waals surface area (Å²) in [7, 11) is -2.59. The predicted molar refractivity (Wildman–Crippen MR) is 133 cm³/mol. The van der Waals surface area contributed by atoms with Crippen molar-refractivity contribution in [2.45, 2.75) is 36.3 Å². The number of nitrogens with one attached hydrogen (secondary N) is 1. The number of rotatable bonds is 7. The topological polar surface area (TPSA) is 96.7 Å². The smallest absolute Gasteiger partial charge is 0.350 e. The van der Waals surface area contributed by atoms with Crippen molar-refractivity contribution in [1.29, 1.82) is 0 Å². The lowest BCUT2D eigenvalue weighted by atomic mass is 10.2. The van der Waals surface area contributed by atoms with Crippen LogP contribution >= 0.6 is 11.6 Å². The summed E-state index contributed by atoms with van der Waals surface area (Å²) in [6, 6.07) is 8.79. The number of carbonyl (C=O) groups excluding carboxylic acids is 1. The largest absolute Gasteiger partial charge is 0.416 e. The standard InChI is InChI=1S/C24H22ClF4N5O3S/c1-30-11-15-2-8-20(9-3-15)38(36,37)34-14-18(26)10-21(34)23(35)31-12-16-13-33(32-22(16)25)19-6-4-17(5-7-19)24(27,28)29/h2-9,11,13,18,21H,10,12,14H2,1H3,(H,31,35)/b30-11-/t18-,21+/m1/s1. The van der Waals surface area contributed by atoms with Gasteiger partial charge >= 0.3 is 6.18 Å². The summed E-state index contributed by atoms with van der Waals surface area (Å²) < 4.78 is 81.2. The molecule has 2 heterocycles. The van der Waals surface area contributed by atoms with Crippen molar-refractivity contribution in [3.05, 3.63) is 76.6 Å². The first-order chi connectivity index (χ1) is 17.9. The third-order valence-corrected chi connectivity index (χ3v) is 8.13. The van der Waals surface area contributed by atoms with Gasteiger partial charge in [0.15, 0.2) is 5.15 Å². The quantitative estimate of drug-likeness (QED) is 0.342. The number of benzene rings is 2. The molecule has 0 saturated carbocycles. The molecule has 0 bridgehead atoms. The number of sulfonamides is 1. The molecule has 0 spiro atoms. The third kappa shape index (κ3) is 5.89. The number of amides is 1. The Balaban J connectivity index is 1.47. The first-order valence-corrected chi connectivity index (χ1v) is 13.1. The summed E-state index contributed by atoms with van der Waals surface area (Å²) in [5, 5.41) is 6.59. The second-order valence-corrected chi connectivity index (χ2v) is 10.8. The van der Waals surface area contributed by atoms with Gasteiger partial charge in [-0.2, -0.15) is 22.6 Å². The molecule has 202 valence electrons. The Labute approximate surface area is 221 Å². The van der Waals surface area contributed by atoms with Crippen molar-refractivity contribution < 1.29 is 30.8 Å². The van der Waals surface area contributed by atoms with Crippen LogP contribution in [-0.4, -0.2) is 60.4 Å². The van der Waals surface area contributed by atoms with Crippen LogP contribution in [0, 0.1) is 0 Å². The third-order valence-electron chi connectivity index (χ3n) is 5.92. The van der Waals surface area contributed by atoms with Crippen LogP contribution in [0.2, 0.25) is 5.15 Å². The molecule has 8 nitrogen and oxygen atoms in total. The molecule has 0 unspecified atom stereocenters. The summed E-state index contributed by atoms with van der Waals surface area (Å²) >= 11 is 6.14. The Kier molecular flexibility index (Phi) is 7.90. The van der Waals surface area contributed by atoms with Gasteiger partial charge in [-0.3, -0.25) is 9.79 Å². The van der Waals surface area contributed by atoms with Crippen molar-refractivity contribution in [2.75, 3.05) is 13.6 Å². The van der Waals surface area contributed by atoms with E-state index >= 15 is 0 Å². The van der Waals surface area contributed by atoms with Crippen molar-refractivity contribution in [3.8, 4) is 5.69 Å². The first-order valence-electron chi connectivity index (χ1n) is 11.3. The first kappa shape index (κ1) is 27.7. The Hall–Kier alpha value is -3.29. The van der Waals surface area contributed by atoms with Crippen molar-refractivity contribution in [2.24, 2.45) is 4.99 Å². The lowest BCUT2D eigenvalue weighted by molar-refractivity contribution is -0.137. The second kappa shape index (κ2) is 10.8. The van der Waals surface area contributed by atoms with E-state index < -0.39 is 46.4 Å². The van der Waals surface area contributed by atoms with Crippen LogP contribution in [0.15, 0.2) is 64.6 Å². The molecule has 0 aliphatic carbocycles. The molecule has 2 atom stereocenters. The van der Waals surface area contributed by atoms with Crippen LogP contribution in [0.4, 0.5) is 17.6 Å². The molecule has 2 aromatic carbocycles. The van der Waals surface area contributed by atoms with Crippen LogP contribution in [-0.2, 0) is 27.5 Å². The van der Waals surface area contributed by atoms with Crippen LogP contribution in [0.3, 0.4) is 0 Å². The highest BCUT2D eigenvalue weighted by atomic mass is 35.5. The van der Waals surface area contributed by atoms with Gasteiger partial charge < -0.3 is 5.32 Å². The number of nitrogens with zero attached hydrogens (tertiary/aromatic N) is 4. The molecule has 1 fully saturated rings. The fraction of sp³-hybridized carbons (Fsp3) is 0.292. The van der Waals surface area contributed by atoms with Gasteiger partial charge in [0, 0.05) is 44.5 Å². The maximum absolute atomic E-state index is 14.3. The SMILES string of the molecule is C/N=C\c1ccc(S(=O)(=O)N2C[C@H](F)C[C@H]2C(=O)NCc2cn(-c3ccc(C(F)(F)F)cc3)nc2Cl)cc1. The normalized spacial score (nSPS) is 18.8. The fourth-order valence-electron chi connectivity index (χ4n) is 4.01. The van der Waals surface area contributed by atoms with Crippen molar-refractivity contribution >= 4 is 33.7 Å². The van der Waals surface area contributed by atoms with Crippen molar-refractivity contribution in [1.82, 2.24) is 19.4 Å². The van der Waals surface area contributed by atoms with E-state index in [1.807, 2.05) is 0 Å². The highest BCUT2D eigenvalue weighted by molar-refractivity contribution is 7.89. The minimum atomic E-state index is -4.48. The summed E-state index contributed by atoms with van der Waals surface area (Å²) in [5.41, 5.74) is 0.499. The van der Waals surface area contributed by atoms with E-state index in [1.54, 1.807) is 25.4 Å². The molecule has 1 saturated heterocycles. The van der Waals surface area contributed by atoms with E-state index in [0.717, 1.165) is 16.4 Å². The van der Waals surface area contributed by atoms with Crippen LogP contribution in [0.25, 0.3) is 5.69 Å². The zero-order chi connectivity index (χ0) is 27.7. The molecule has 1 aromatic heterocycles. The van der Waals surface area contributed by atoms with E-state index in [-0.39, 0.29) is 23.0 Å². The Morgan fingerprint density at radius 2 is 1.84 bits per heavy atom. The van der Waals surface area contributed by atoms with E-state index in [0.29, 0.717) is 16.8 Å². The van der Waals surface area contributed by atoms with Gasteiger partial charge in [-0.05, 0) is 42.0 Å². The second-order valence-electron chi connectivity index (χ2n) is 8.53. The van der Waals surface area contributed by atoms with Gasteiger partial charge in [0.1, 0.15) is 12.2 Å². The zero-order valence-electron chi connectivity index (χ0n) is 19.9. The van der Waals surface area contributed by atoms with Gasteiger partial charge in [0.2, 0.25) is 15.9 Å². The minimum Gasteiger partial charge on any atom is -0.350 e.